The van der Waals surface area contributed by atoms with Crippen LogP contribution in [0.4, 0.5) is 4.39 Å². The van der Waals surface area contributed by atoms with Crippen LogP contribution >= 0.6 is 15.9 Å². The van der Waals surface area contributed by atoms with Crippen LogP contribution in [-0.2, 0) is 4.74 Å². The Balaban J connectivity index is 1.73. The first-order chi connectivity index (χ1) is 11.6. The summed E-state index contributed by atoms with van der Waals surface area (Å²) in [5, 5.41) is 2.88. The van der Waals surface area contributed by atoms with Crippen LogP contribution in [0, 0.1) is 11.7 Å². The number of hydrogen-bond acceptors (Lipinski definition) is 4. The maximum atomic E-state index is 13.2. The molecule has 1 atom stereocenters. The quantitative estimate of drug-likeness (QED) is 0.842. The minimum Gasteiger partial charge on any atom is -0.437 e. The number of ether oxygens (including phenoxy) is 2. The highest BCUT2D eigenvalue weighted by Crippen LogP contribution is 2.30. The molecule has 1 aromatic carbocycles. The van der Waals surface area contributed by atoms with Gasteiger partial charge in [-0.25, -0.2) is 9.37 Å². The SMILES string of the molecule is O=C(NCC1CCOC1)c1cccnc1Oc1ccc(F)cc1Br. The van der Waals surface area contributed by atoms with Crippen LogP contribution in [0.25, 0.3) is 0 Å². The van der Waals surface area contributed by atoms with Crippen molar-refractivity contribution < 1.29 is 18.7 Å². The fourth-order valence-corrected chi connectivity index (χ4v) is 2.82. The second-order valence-corrected chi connectivity index (χ2v) is 6.33. The Morgan fingerprint density at radius 1 is 1.46 bits per heavy atom. The van der Waals surface area contributed by atoms with Gasteiger partial charge in [0.1, 0.15) is 17.1 Å². The minimum absolute atomic E-state index is 0.171. The first-order valence-electron chi connectivity index (χ1n) is 7.57. The van der Waals surface area contributed by atoms with E-state index in [0.717, 1.165) is 13.0 Å². The van der Waals surface area contributed by atoms with E-state index >= 15 is 0 Å². The van der Waals surface area contributed by atoms with E-state index in [0.29, 0.717) is 34.9 Å². The second-order valence-electron chi connectivity index (χ2n) is 5.47. The molecular weight excluding hydrogens is 379 g/mol. The molecule has 5 nitrogen and oxygen atoms in total. The van der Waals surface area contributed by atoms with E-state index < -0.39 is 0 Å². The van der Waals surface area contributed by atoms with Gasteiger partial charge in [-0.3, -0.25) is 4.79 Å². The zero-order valence-electron chi connectivity index (χ0n) is 12.8. The Bertz CT molecular complexity index is 736. The average molecular weight is 395 g/mol. The largest absolute Gasteiger partial charge is 0.437 e. The molecule has 1 N–H and O–H groups in total. The van der Waals surface area contributed by atoms with E-state index in [-0.39, 0.29) is 17.6 Å². The Morgan fingerprint density at radius 2 is 2.33 bits per heavy atom. The molecule has 0 radical (unpaired) electrons. The highest BCUT2D eigenvalue weighted by molar-refractivity contribution is 9.10. The fraction of sp³-hybridized carbons (Fsp3) is 0.294. The number of benzene rings is 1. The summed E-state index contributed by atoms with van der Waals surface area (Å²) >= 11 is 3.23. The lowest BCUT2D eigenvalue weighted by Crippen LogP contribution is -2.29. The van der Waals surface area contributed by atoms with Gasteiger partial charge in [0, 0.05) is 25.3 Å². The summed E-state index contributed by atoms with van der Waals surface area (Å²) < 4.78 is 24.6. The standard InChI is InChI=1S/C17H16BrFN2O3/c18-14-8-12(19)3-4-15(14)24-17-13(2-1-6-20-17)16(22)21-9-11-5-7-23-10-11/h1-4,6,8,11H,5,7,9-10H2,(H,21,22). The topological polar surface area (TPSA) is 60.5 Å². The molecule has 1 fully saturated rings. The van der Waals surface area contributed by atoms with Gasteiger partial charge in [0.15, 0.2) is 0 Å². The highest BCUT2D eigenvalue weighted by Gasteiger charge is 2.19. The number of halogens is 2. The summed E-state index contributed by atoms with van der Waals surface area (Å²) in [6.45, 7) is 1.95. The van der Waals surface area contributed by atoms with E-state index in [1.54, 1.807) is 12.1 Å². The molecule has 0 saturated carbocycles. The molecule has 1 saturated heterocycles. The van der Waals surface area contributed by atoms with Crippen molar-refractivity contribution in [1.29, 1.82) is 0 Å². The molecule has 0 spiro atoms. The second kappa shape index (κ2) is 7.72. The van der Waals surface area contributed by atoms with E-state index in [1.165, 1.54) is 24.4 Å². The lowest BCUT2D eigenvalue weighted by atomic mass is 10.1. The van der Waals surface area contributed by atoms with Crippen LogP contribution in [0.3, 0.4) is 0 Å². The van der Waals surface area contributed by atoms with Gasteiger partial charge >= 0.3 is 0 Å². The highest BCUT2D eigenvalue weighted by atomic mass is 79.9. The van der Waals surface area contributed by atoms with Gasteiger partial charge in [0.2, 0.25) is 5.88 Å². The number of nitrogens with one attached hydrogen (secondary N) is 1. The molecule has 1 aromatic heterocycles. The van der Waals surface area contributed by atoms with E-state index in [1.807, 2.05) is 0 Å². The number of aromatic nitrogens is 1. The third-order valence-corrected chi connectivity index (χ3v) is 4.31. The zero-order valence-corrected chi connectivity index (χ0v) is 14.4. The molecule has 0 bridgehead atoms. The van der Waals surface area contributed by atoms with Crippen LogP contribution in [-0.4, -0.2) is 30.6 Å². The van der Waals surface area contributed by atoms with Crippen LogP contribution < -0.4 is 10.1 Å². The average Bonchev–Trinajstić information content (AvgIpc) is 3.09. The molecule has 24 heavy (non-hydrogen) atoms. The van der Waals surface area contributed by atoms with E-state index in [9.17, 15) is 9.18 Å². The van der Waals surface area contributed by atoms with Crippen LogP contribution in [0.1, 0.15) is 16.8 Å². The van der Waals surface area contributed by atoms with Gasteiger partial charge in [-0.15, -0.1) is 0 Å². The summed E-state index contributed by atoms with van der Waals surface area (Å²) in [5.41, 5.74) is 0.327. The maximum Gasteiger partial charge on any atom is 0.256 e. The molecule has 7 heteroatoms. The van der Waals surface area contributed by atoms with Crippen molar-refractivity contribution in [3.8, 4) is 11.6 Å². The third kappa shape index (κ3) is 4.10. The number of pyridine rings is 1. The molecule has 0 aliphatic carbocycles. The van der Waals surface area contributed by atoms with Crippen molar-refractivity contribution in [2.45, 2.75) is 6.42 Å². The molecule has 1 aliphatic rings. The molecule has 3 rings (SSSR count). The first kappa shape index (κ1) is 16.9. The smallest absolute Gasteiger partial charge is 0.256 e. The predicted octanol–water partition coefficient (Wildman–Crippen LogP) is 3.54. The Labute approximate surface area is 147 Å². The molecule has 2 aromatic rings. The van der Waals surface area contributed by atoms with Gasteiger partial charge < -0.3 is 14.8 Å². The predicted molar refractivity (Wildman–Crippen MR) is 89.7 cm³/mol. The summed E-state index contributed by atoms with van der Waals surface area (Å²) in [4.78, 5) is 16.5. The van der Waals surface area contributed by atoms with E-state index in [2.05, 4.69) is 26.2 Å². The molecule has 126 valence electrons. The number of hydrogen-bond donors (Lipinski definition) is 1. The number of nitrogens with zero attached hydrogens (tertiary/aromatic N) is 1. The molecular formula is C17H16BrFN2O3. The van der Waals surface area contributed by atoms with Crippen LogP contribution in [0.2, 0.25) is 0 Å². The number of carbonyl (C=O) groups excluding carboxylic acids is 1. The van der Waals surface area contributed by atoms with Crippen LogP contribution in [0.15, 0.2) is 41.0 Å². The normalized spacial score (nSPS) is 16.8. The summed E-state index contributed by atoms with van der Waals surface area (Å²) in [6.07, 6.45) is 2.48. The lowest BCUT2D eigenvalue weighted by molar-refractivity contribution is 0.0942. The molecule has 1 amide bonds. The van der Waals surface area contributed by atoms with Gasteiger partial charge in [-0.2, -0.15) is 0 Å². The Hall–Kier alpha value is -1.99. The summed E-state index contributed by atoms with van der Waals surface area (Å²) in [5.74, 6) is 0.245. The fourth-order valence-electron chi connectivity index (χ4n) is 2.38. The van der Waals surface area contributed by atoms with Crippen LogP contribution in [0.5, 0.6) is 11.6 Å². The van der Waals surface area contributed by atoms with Crippen molar-refractivity contribution in [2.75, 3.05) is 19.8 Å². The third-order valence-electron chi connectivity index (χ3n) is 3.69. The first-order valence-corrected chi connectivity index (χ1v) is 8.36. The van der Waals surface area contributed by atoms with Crippen molar-refractivity contribution >= 4 is 21.8 Å². The van der Waals surface area contributed by atoms with Gasteiger partial charge in [0.05, 0.1) is 11.1 Å². The number of amides is 1. The summed E-state index contributed by atoms with van der Waals surface area (Å²) in [6, 6.07) is 7.35. The number of carbonyl (C=O) groups is 1. The summed E-state index contributed by atoms with van der Waals surface area (Å²) in [7, 11) is 0. The molecule has 1 unspecified atom stereocenters. The van der Waals surface area contributed by atoms with Gasteiger partial charge in [0.25, 0.3) is 5.91 Å². The van der Waals surface area contributed by atoms with Gasteiger partial charge in [-0.05, 0) is 52.7 Å². The van der Waals surface area contributed by atoms with Crippen molar-refractivity contribution in [2.24, 2.45) is 5.92 Å². The number of rotatable bonds is 5. The minimum atomic E-state index is -0.382. The molecule has 1 aliphatic heterocycles. The monoisotopic (exact) mass is 394 g/mol. The Morgan fingerprint density at radius 3 is 3.08 bits per heavy atom. The molecule has 2 heterocycles. The lowest BCUT2D eigenvalue weighted by Gasteiger charge is -2.13. The van der Waals surface area contributed by atoms with Crippen molar-refractivity contribution in [3.63, 3.8) is 0 Å². The van der Waals surface area contributed by atoms with Crippen molar-refractivity contribution in [1.82, 2.24) is 10.3 Å². The van der Waals surface area contributed by atoms with Crippen molar-refractivity contribution in [3.05, 3.63) is 52.4 Å². The maximum absolute atomic E-state index is 13.2. The Kier molecular flexibility index (Phi) is 5.42. The zero-order chi connectivity index (χ0) is 16.9. The van der Waals surface area contributed by atoms with E-state index in [4.69, 9.17) is 9.47 Å². The van der Waals surface area contributed by atoms with Gasteiger partial charge in [-0.1, -0.05) is 0 Å².